The van der Waals surface area contributed by atoms with Crippen molar-refractivity contribution in [3.63, 3.8) is 0 Å². The average Bonchev–Trinajstić information content (AvgIpc) is 3.33. The second-order valence-electron chi connectivity index (χ2n) is 6.33. The maximum atomic E-state index is 13.1. The van der Waals surface area contributed by atoms with E-state index in [4.69, 9.17) is 4.42 Å². The molecular formula is C21H19FN4OS. The molecule has 0 saturated heterocycles. The minimum atomic E-state index is -0.276. The van der Waals surface area contributed by atoms with E-state index in [1.807, 2.05) is 12.1 Å². The molecule has 5 nitrogen and oxygen atoms in total. The smallest absolute Gasteiger partial charge is 0.205 e. The number of oxazole rings is 1. The fraction of sp³-hybridized carbons (Fsp3) is 0.190. The Morgan fingerprint density at radius 2 is 1.89 bits per heavy atom. The van der Waals surface area contributed by atoms with Crippen molar-refractivity contribution in [1.29, 1.82) is 0 Å². The number of halogens is 1. The SMILES string of the molecule is CCn1c(SCc2ncc(-c3ccc(F)cc3)o2)nnc1-c1cccc(C)c1. The number of nitrogens with zero attached hydrogens (tertiary/aromatic N) is 4. The molecule has 2 aromatic heterocycles. The van der Waals surface area contributed by atoms with Crippen LogP contribution >= 0.6 is 11.8 Å². The Hall–Kier alpha value is -2.93. The first kappa shape index (κ1) is 18.4. The van der Waals surface area contributed by atoms with Crippen molar-refractivity contribution in [2.75, 3.05) is 0 Å². The summed E-state index contributed by atoms with van der Waals surface area (Å²) in [5, 5.41) is 9.54. The first-order valence-corrected chi connectivity index (χ1v) is 9.96. The summed E-state index contributed by atoms with van der Waals surface area (Å²) >= 11 is 1.53. The van der Waals surface area contributed by atoms with Gasteiger partial charge in [-0.25, -0.2) is 9.37 Å². The average molecular weight is 394 g/mol. The number of aromatic nitrogens is 4. The zero-order valence-electron chi connectivity index (χ0n) is 15.6. The van der Waals surface area contributed by atoms with Gasteiger partial charge in [-0.05, 0) is 44.2 Å². The highest BCUT2D eigenvalue weighted by molar-refractivity contribution is 7.98. The predicted octanol–water partition coefficient (Wildman–Crippen LogP) is 5.36. The summed E-state index contributed by atoms with van der Waals surface area (Å²) < 4.78 is 21.0. The van der Waals surface area contributed by atoms with E-state index >= 15 is 0 Å². The van der Waals surface area contributed by atoms with Crippen LogP contribution in [0.4, 0.5) is 4.39 Å². The van der Waals surface area contributed by atoms with Gasteiger partial charge in [0.2, 0.25) is 5.89 Å². The van der Waals surface area contributed by atoms with Gasteiger partial charge >= 0.3 is 0 Å². The van der Waals surface area contributed by atoms with Gasteiger partial charge in [0, 0.05) is 17.7 Å². The van der Waals surface area contributed by atoms with E-state index in [0.29, 0.717) is 17.4 Å². The van der Waals surface area contributed by atoms with Crippen LogP contribution in [0.3, 0.4) is 0 Å². The summed E-state index contributed by atoms with van der Waals surface area (Å²) in [5.74, 6) is 2.32. The van der Waals surface area contributed by atoms with Gasteiger partial charge in [0.25, 0.3) is 0 Å². The maximum Gasteiger partial charge on any atom is 0.205 e. The van der Waals surface area contributed by atoms with E-state index in [0.717, 1.165) is 28.7 Å². The van der Waals surface area contributed by atoms with Crippen LogP contribution in [0.1, 0.15) is 18.4 Å². The molecule has 0 radical (unpaired) electrons. The van der Waals surface area contributed by atoms with Crippen LogP contribution in [0.2, 0.25) is 0 Å². The van der Waals surface area contributed by atoms with Gasteiger partial charge in [-0.3, -0.25) is 0 Å². The first-order chi connectivity index (χ1) is 13.6. The maximum absolute atomic E-state index is 13.1. The van der Waals surface area contributed by atoms with Gasteiger partial charge in [-0.15, -0.1) is 10.2 Å². The molecule has 7 heteroatoms. The van der Waals surface area contributed by atoms with Crippen LogP contribution in [0, 0.1) is 12.7 Å². The number of hydrogen-bond donors (Lipinski definition) is 0. The van der Waals surface area contributed by atoms with Crippen molar-refractivity contribution in [3.05, 3.63) is 72.0 Å². The van der Waals surface area contributed by atoms with E-state index < -0.39 is 0 Å². The predicted molar refractivity (Wildman–Crippen MR) is 107 cm³/mol. The van der Waals surface area contributed by atoms with Crippen molar-refractivity contribution < 1.29 is 8.81 Å². The number of benzene rings is 2. The van der Waals surface area contributed by atoms with Crippen molar-refractivity contribution in [3.8, 4) is 22.7 Å². The minimum Gasteiger partial charge on any atom is -0.440 e. The molecule has 142 valence electrons. The Labute approximate surface area is 166 Å². The number of aryl methyl sites for hydroxylation is 1. The summed E-state index contributed by atoms with van der Waals surface area (Å²) in [5.41, 5.74) is 3.03. The molecule has 0 fully saturated rings. The van der Waals surface area contributed by atoms with Crippen LogP contribution in [-0.2, 0) is 12.3 Å². The van der Waals surface area contributed by atoms with Gasteiger partial charge in [0.05, 0.1) is 11.9 Å². The molecule has 0 N–H and O–H groups in total. The Balaban J connectivity index is 1.50. The highest BCUT2D eigenvalue weighted by Crippen LogP contribution is 2.28. The van der Waals surface area contributed by atoms with Crippen molar-refractivity contribution in [1.82, 2.24) is 19.7 Å². The summed E-state index contributed by atoms with van der Waals surface area (Å²) in [6, 6.07) is 14.4. The Kier molecular flexibility index (Phi) is 5.25. The molecule has 4 rings (SSSR count). The lowest BCUT2D eigenvalue weighted by molar-refractivity contribution is 0.529. The number of hydrogen-bond acceptors (Lipinski definition) is 5. The summed E-state index contributed by atoms with van der Waals surface area (Å²) in [6.07, 6.45) is 1.66. The molecule has 0 aliphatic heterocycles. The van der Waals surface area contributed by atoms with Crippen LogP contribution < -0.4 is 0 Å². The van der Waals surface area contributed by atoms with E-state index in [9.17, 15) is 4.39 Å². The van der Waals surface area contributed by atoms with Crippen LogP contribution in [0.15, 0.2) is 64.3 Å². The van der Waals surface area contributed by atoms with Crippen LogP contribution in [0.25, 0.3) is 22.7 Å². The molecule has 28 heavy (non-hydrogen) atoms. The molecule has 2 heterocycles. The zero-order valence-corrected chi connectivity index (χ0v) is 16.4. The molecule has 0 atom stereocenters. The standard InChI is InChI=1S/C21H19FN4OS/c1-3-26-20(16-6-4-5-14(2)11-16)24-25-21(26)28-13-19-23-12-18(27-19)15-7-9-17(22)10-8-15/h4-12H,3,13H2,1-2H3. The lowest BCUT2D eigenvalue weighted by Crippen LogP contribution is -2.00. The van der Waals surface area contributed by atoms with E-state index in [2.05, 4.69) is 45.7 Å². The van der Waals surface area contributed by atoms with Crippen molar-refractivity contribution in [2.24, 2.45) is 0 Å². The molecule has 0 aliphatic carbocycles. The second-order valence-corrected chi connectivity index (χ2v) is 7.28. The summed E-state index contributed by atoms with van der Waals surface area (Å²) in [4.78, 5) is 4.32. The van der Waals surface area contributed by atoms with Crippen molar-refractivity contribution >= 4 is 11.8 Å². The molecule has 0 unspecified atom stereocenters. The highest BCUT2D eigenvalue weighted by atomic mass is 32.2. The molecule has 4 aromatic rings. The Bertz CT molecular complexity index is 1090. The minimum absolute atomic E-state index is 0.276. The van der Waals surface area contributed by atoms with Crippen LogP contribution in [-0.4, -0.2) is 19.7 Å². The Morgan fingerprint density at radius 3 is 2.64 bits per heavy atom. The summed E-state index contributed by atoms with van der Waals surface area (Å²) in [7, 11) is 0. The zero-order chi connectivity index (χ0) is 19.5. The van der Waals surface area contributed by atoms with Gasteiger partial charge in [0.1, 0.15) is 5.82 Å². The monoisotopic (exact) mass is 394 g/mol. The van der Waals surface area contributed by atoms with Gasteiger partial charge in [-0.1, -0.05) is 35.5 Å². The second kappa shape index (κ2) is 7.98. The third-order valence-electron chi connectivity index (χ3n) is 4.32. The molecule has 0 amide bonds. The van der Waals surface area contributed by atoms with E-state index in [-0.39, 0.29) is 5.82 Å². The number of thioether (sulfide) groups is 1. The fourth-order valence-corrected chi connectivity index (χ4v) is 3.79. The largest absolute Gasteiger partial charge is 0.440 e. The third-order valence-corrected chi connectivity index (χ3v) is 5.27. The lowest BCUT2D eigenvalue weighted by Gasteiger charge is -2.07. The van der Waals surface area contributed by atoms with Gasteiger partial charge in [0.15, 0.2) is 16.7 Å². The highest BCUT2D eigenvalue weighted by Gasteiger charge is 2.15. The first-order valence-electron chi connectivity index (χ1n) is 8.97. The number of rotatable bonds is 6. The quantitative estimate of drug-likeness (QED) is 0.412. The molecule has 2 aromatic carbocycles. The third kappa shape index (κ3) is 3.84. The van der Waals surface area contributed by atoms with Gasteiger partial charge < -0.3 is 8.98 Å². The molecule has 0 saturated carbocycles. The van der Waals surface area contributed by atoms with E-state index in [1.165, 1.54) is 29.5 Å². The van der Waals surface area contributed by atoms with Gasteiger partial charge in [-0.2, -0.15) is 0 Å². The molecule has 0 bridgehead atoms. The fourth-order valence-electron chi connectivity index (χ4n) is 2.93. The topological polar surface area (TPSA) is 56.7 Å². The normalized spacial score (nSPS) is 11.1. The van der Waals surface area contributed by atoms with E-state index in [1.54, 1.807) is 18.3 Å². The molecular weight excluding hydrogens is 375 g/mol. The molecule has 0 aliphatic rings. The Morgan fingerprint density at radius 1 is 1.07 bits per heavy atom. The summed E-state index contributed by atoms with van der Waals surface area (Å²) in [6.45, 7) is 4.91. The molecule has 0 spiro atoms. The van der Waals surface area contributed by atoms with Crippen molar-refractivity contribution in [2.45, 2.75) is 31.3 Å². The lowest BCUT2D eigenvalue weighted by atomic mass is 10.1. The van der Waals surface area contributed by atoms with Crippen LogP contribution in [0.5, 0.6) is 0 Å².